The average Bonchev–Trinajstić information content (AvgIpc) is 3.38. The molecule has 1 aliphatic rings. The van der Waals surface area contributed by atoms with Crippen LogP contribution in [0.5, 0.6) is 0 Å². The average molecular weight is 494 g/mol. The van der Waals surface area contributed by atoms with Crippen LogP contribution in [0, 0.1) is 11.7 Å². The number of ether oxygens (including phenoxy) is 4. The summed E-state index contributed by atoms with van der Waals surface area (Å²) in [5, 5.41) is 15.7. The number of thiophene rings is 1. The Bertz CT molecular complexity index is 889. The fourth-order valence-corrected chi connectivity index (χ4v) is 4.47. The van der Waals surface area contributed by atoms with E-state index in [1.807, 2.05) is 24.4 Å². The summed E-state index contributed by atoms with van der Waals surface area (Å²) in [6.07, 6.45) is 1.93. The number of hydrogen-bond acceptors (Lipinski definition) is 7. The molecule has 0 spiro atoms. The SMILES string of the molecule is CCO[C@@H]1OC(C(=O)NCc2ccc(F)cc2)=C[C@H](c2ccsc2)[C@H]1CCOCCOCCO. The number of carbonyl (C=O) groups excluding carboxylic acids is 1. The van der Waals surface area contributed by atoms with Crippen LogP contribution in [0.3, 0.4) is 0 Å². The van der Waals surface area contributed by atoms with Crippen LogP contribution < -0.4 is 5.32 Å². The summed E-state index contributed by atoms with van der Waals surface area (Å²) >= 11 is 1.60. The monoisotopic (exact) mass is 493 g/mol. The zero-order chi connectivity index (χ0) is 24.2. The van der Waals surface area contributed by atoms with Gasteiger partial charge in [0.25, 0.3) is 5.91 Å². The van der Waals surface area contributed by atoms with Crippen LogP contribution >= 0.6 is 11.3 Å². The smallest absolute Gasteiger partial charge is 0.286 e. The summed E-state index contributed by atoms with van der Waals surface area (Å²) in [6.45, 7) is 4.22. The number of hydrogen-bond donors (Lipinski definition) is 2. The molecular formula is C25H32FNO6S. The first kappa shape index (κ1) is 26.3. The van der Waals surface area contributed by atoms with Gasteiger partial charge in [-0.25, -0.2) is 4.39 Å². The van der Waals surface area contributed by atoms with E-state index in [2.05, 4.69) is 10.7 Å². The summed E-state index contributed by atoms with van der Waals surface area (Å²) in [7, 11) is 0. The Kier molecular flexibility index (Phi) is 11.0. The number of amides is 1. The molecule has 1 aliphatic heterocycles. The van der Waals surface area contributed by atoms with Gasteiger partial charge in [0.05, 0.1) is 26.4 Å². The van der Waals surface area contributed by atoms with E-state index in [0.29, 0.717) is 39.5 Å². The molecule has 1 aromatic heterocycles. The summed E-state index contributed by atoms with van der Waals surface area (Å²) in [4.78, 5) is 12.9. The fraction of sp³-hybridized carbons (Fsp3) is 0.480. The van der Waals surface area contributed by atoms with Gasteiger partial charge in [0, 0.05) is 31.6 Å². The molecule has 7 nitrogen and oxygen atoms in total. The topological polar surface area (TPSA) is 86.3 Å². The molecule has 0 bridgehead atoms. The summed E-state index contributed by atoms with van der Waals surface area (Å²) in [6, 6.07) is 8.04. The van der Waals surface area contributed by atoms with Crippen molar-refractivity contribution in [2.45, 2.75) is 32.1 Å². The Balaban J connectivity index is 1.67. The van der Waals surface area contributed by atoms with Crippen molar-refractivity contribution < 1.29 is 33.2 Å². The van der Waals surface area contributed by atoms with Crippen LogP contribution in [0.4, 0.5) is 4.39 Å². The summed E-state index contributed by atoms with van der Waals surface area (Å²) in [5.41, 5.74) is 1.89. The fourth-order valence-electron chi connectivity index (χ4n) is 3.76. The predicted molar refractivity (Wildman–Crippen MR) is 127 cm³/mol. The zero-order valence-corrected chi connectivity index (χ0v) is 20.1. The highest BCUT2D eigenvalue weighted by molar-refractivity contribution is 7.08. The lowest BCUT2D eigenvalue weighted by atomic mass is 9.82. The van der Waals surface area contributed by atoms with Crippen molar-refractivity contribution in [3.63, 3.8) is 0 Å². The molecule has 0 fully saturated rings. The van der Waals surface area contributed by atoms with Gasteiger partial charge in [0.15, 0.2) is 5.76 Å². The molecule has 2 N–H and O–H groups in total. The van der Waals surface area contributed by atoms with Gasteiger partial charge in [-0.2, -0.15) is 11.3 Å². The van der Waals surface area contributed by atoms with E-state index in [9.17, 15) is 9.18 Å². The van der Waals surface area contributed by atoms with Crippen molar-refractivity contribution in [1.29, 1.82) is 0 Å². The maximum atomic E-state index is 13.1. The largest absolute Gasteiger partial charge is 0.459 e. The first-order valence-corrected chi connectivity index (χ1v) is 12.4. The molecule has 2 heterocycles. The third kappa shape index (κ3) is 7.89. The first-order chi connectivity index (χ1) is 16.6. The maximum absolute atomic E-state index is 13.1. The van der Waals surface area contributed by atoms with Gasteiger partial charge in [-0.3, -0.25) is 4.79 Å². The highest BCUT2D eigenvalue weighted by atomic mass is 32.1. The molecule has 3 rings (SSSR count). The predicted octanol–water partition coefficient (Wildman–Crippen LogP) is 3.60. The Morgan fingerprint density at radius 3 is 2.59 bits per heavy atom. The zero-order valence-electron chi connectivity index (χ0n) is 19.3. The van der Waals surface area contributed by atoms with Crippen LogP contribution in [0.15, 0.2) is 52.9 Å². The molecule has 34 heavy (non-hydrogen) atoms. The highest BCUT2D eigenvalue weighted by Gasteiger charge is 2.38. The molecule has 0 saturated heterocycles. The van der Waals surface area contributed by atoms with E-state index in [1.54, 1.807) is 23.5 Å². The van der Waals surface area contributed by atoms with Gasteiger partial charge < -0.3 is 29.4 Å². The molecule has 0 saturated carbocycles. The molecular weight excluding hydrogens is 461 g/mol. The van der Waals surface area contributed by atoms with E-state index >= 15 is 0 Å². The lowest BCUT2D eigenvalue weighted by Crippen LogP contribution is -2.39. The second-order valence-electron chi connectivity index (χ2n) is 7.76. The van der Waals surface area contributed by atoms with Crippen LogP contribution in [-0.2, 0) is 30.3 Å². The van der Waals surface area contributed by atoms with Crippen molar-refractivity contribution in [3.8, 4) is 0 Å². The molecule has 0 unspecified atom stereocenters. The van der Waals surface area contributed by atoms with Crippen LogP contribution in [0.25, 0.3) is 0 Å². The summed E-state index contributed by atoms with van der Waals surface area (Å²) < 4.78 is 36.0. The summed E-state index contributed by atoms with van der Waals surface area (Å²) in [5.74, 6) is -0.561. The lowest BCUT2D eigenvalue weighted by Gasteiger charge is -2.36. The minimum Gasteiger partial charge on any atom is -0.459 e. The lowest BCUT2D eigenvalue weighted by molar-refractivity contribution is -0.168. The molecule has 1 aromatic carbocycles. The van der Waals surface area contributed by atoms with Gasteiger partial charge in [0.1, 0.15) is 5.82 Å². The number of rotatable bonds is 14. The van der Waals surface area contributed by atoms with Gasteiger partial charge in [-0.05, 0) is 59.5 Å². The Hall–Kier alpha value is -2.30. The van der Waals surface area contributed by atoms with Gasteiger partial charge in [0.2, 0.25) is 6.29 Å². The van der Waals surface area contributed by atoms with Crippen molar-refractivity contribution in [1.82, 2.24) is 5.32 Å². The highest BCUT2D eigenvalue weighted by Crippen LogP contribution is 2.39. The quantitative estimate of drug-likeness (QED) is 0.391. The van der Waals surface area contributed by atoms with Gasteiger partial charge in [-0.15, -0.1) is 0 Å². The second-order valence-corrected chi connectivity index (χ2v) is 8.55. The molecule has 186 valence electrons. The number of carbonyl (C=O) groups is 1. The van der Waals surface area contributed by atoms with E-state index in [1.165, 1.54) is 12.1 Å². The normalized spacial score (nSPS) is 20.0. The molecule has 0 aliphatic carbocycles. The van der Waals surface area contributed by atoms with Gasteiger partial charge >= 0.3 is 0 Å². The van der Waals surface area contributed by atoms with Crippen LogP contribution in [0.2, 0.25) is 0 Å². The van der Waals surface area contributed by atoms with Crippen molar-refractivity contribution in [2.75, 3.05) is 39.6 Å². The van der Waals surface area contributed by atoms with Crippen molar-refractivity contribution in [2.24, 2.45) is 5.92 Å². The van der Waals surface area contributed by atoms with E-state index in [0.717, 1.165) is 11.1 Å². The van der Waals surface area contributed by atoms with Crippen molar-refractivity contribution in [3.05, 3.63) is 69.9 Å². The van der Waals surface area contributed by atoms with Crippen molar-refractivity contribution >= 4 is 17.2 Å². The van der Waals surface area contributed by atoms with E-state index in [-0.39, 0.29) is 42.5 Å². The third-order valence-corrected chi connectivity index (χ3v) is 6.14. The van der Waals surface area contributed by atoms with E-state index < -0.39 is 6.29 Å². The second kappa shape index (κ2) is 14.2. The molecule has 1 amide bonds. The Morgan fingerprint density at radius 2 is 1.91 bits per heavy atom. The molecule has 9 heteroatoms. The number of allylic oxidation sites excluding steroid dienone is 1. The van der Waals surface area contributed by atoms with Crippen LogP contribution in [0.1, 0.15) is 30.4 Å². The minimum atomic E-state index is -0.597. The number of aliphatic hydroxyl groups is 1. The number of nitrogens with one attached hydrogen (secondary N) is 1. The third-order valence-electron chi connectivity index (χ3n) is 5.44. The van der Waals surface area contributed by atoms with Gasteiger partial charge in [-0.1, -0.05) is 12.1 Å². The van der Waals surface area contributed by atoms with E-state index in [4.69, 9.17) is 24.1 Å². The molecule has 0 radical (unpaired) electrons. The standard InChI is InChI=1S/C25H32FNO6S/c1-2-32-25-21(7-10-30-12-13-31-11-9-28)22(19-8-14-34-17-19)15-23(33-25)24(29)27-16-18-3-5-20(26)6-4-18/h3-6,8,14-15,17,21-22,25,28H,2,7,9-13,16H2,1H3,(H,27,29)/t21-,22-,25-/m1/s1. The Morgan fingerprint density at radius 1 is 1.15 bits per heavy atom. The molecule has 2 aromatic rings. The number of aliphatic hydroxyl groups excluding tert-OH is 1. The van der Waals surface area contributed by atoms with Crippen LogP contribution in [-0.4, -0.2) is 56.9 Å². The maximum Gasteiger partial charge on any atom is 0.286 e. The number of benzene rings is 1. The first-order valence-electron chi connectivity index (χ1n) is 11.4. The Labute approximate surface area is 203 Å². The molecule has 3 atom stereocenters. The minimum absolute atomic E-state index is 0.0100. The number of halogens is 1.